The largest absolute Gasteiger partial charge is 0.274 e. The van der Waals surface area contributed by atoms with Gasteiger partial charge in [-0.3, -0.25) is 11.7 Å². The maximum Gasteiger partial charge on any atom is 0.0491 e. The van der Waals surface area contributed by atoms with Crippen molar-refractivity contribution in [3.05, 3.63) is 35.9 Å². The number of thiol groups is 1. The Hall–Kier alpha value is -0.420. The fraction of sp³-hybridized carbons (Fsp3) is 0.125. The molecule has 0 atom stereocenters. The number of hydrogen-bond acceptors (Lipinski definition) is 3. The molecular weight excluding hydrogens is 188 g/mol. The maximum absolute atomic E-state index is 4.84. The fourth-order valence-corrected chi connectivity index (χ4v) is 1.12. The lowest BCUT2D eigenvalue weighted by Gasteiger charge is -1.95. The third kappa shape index (κ3) is 5.26. The van der Waals surface area contributed by atoms with Crippen LogP contribution in [0.25, 0.3) is 0 Å². The molecule has 12 heavy (non-hydrogen) atoms. The SMILES string of the molecule is NN.S=C(S)Cc1ccccc1. The Bertz CT molecular complexity index is 224. The van der Waals surface area contributed by atoms with Gasteiger partial charge in [-0.15, -0.1) is 12.6 Å². The monoisotopic (exact) mass is 200 g/mol. The Morgan fingerprint density at radius 1 is 1.25 bits per heavy atom. The zero-order valence-corrected chi connectivity index (χ0v) is 8.31. The summed E-state index contributed by atoms with van der Waals surface area (Å²) in [6.07, 6.45) is 0.791. The number of benzene rings is 1. The maximum atomic E-state index is 4.84. The lowest BCUT2D eigenvalue weighted by Crippen LogP contribution is -2.02. The van der Waals surface area contributed by atoms with Crippen LogP contribution in [0.2, 0.25) is 0 Å². The summed E-state index contributed by atoms with van der Waals surface area (Å²) in [5, 5.41) is 0. The van der Waals surface area contributed by atoms with Crippen LogP contribution in [0, 0.1) is 0 Å². The molecule has 1 rings (SSSR count). The highest BCUT2D eigenvalue weighted by Crippen LogP contribution is 2.02. The van der Waals surface area contributed by atoms with Crippen molar-refractivity contribution >= 4 is 29.0 Å². The number of thiocarbonyl (C=S) groups is 1. The first-order valence-corrected chi connectivity index (χ1v) is 4.23. The summed E-state index contributed by atoms with van der Waals surface area (Å²) in [6.45, 7) is 0. The highest BCUT2D eigenvalue weighted by Gasteiger charge is 1.91. The summed E-state index contributed by atoms with van der Waals surface area (Å²) < 4.78 is 0.742. The molecule has 0 aromatic heterocycles. The molecule has 0 radical (unpaired) electrons. The van der Waals surface area contributed by atoms with E-state index in [0.717, 1.165) is 10.6 Å². The van der Waals surface area contributed by atoms with Crippen LogP contribution in [0.1, 0.15) is 5.56 Å². The summed E-state index contributed by atoms with van der Waals surface area (Å²) in [5.74, 6) is 8.00. The van der Waals surface area contributed by atoms with Crippen molar-refractivity contribution in [1.29, 1.82) is 0 Å². The minimum absolute atomic E-state index is 0.742. The predicted molar refractivity (Wildman–Crippen MR) is 60.1 cm³/mol. The van der Waals surface area contributed by atoms with E-state index in [2.05, 4.69) is 24.3 Å². The molecule has 0 unspecified atom stereocenters. The van der Waals surface area contributed by atoms with Gasteiger partial charge in [0.1, 0.15) is 0 Å². The van der Waals surface area contributed by atoms with Crippen LogP contribution < -0.4 is 11.7 Å². The van der Waals surface area contributed by atoms with Crippen LogP contribution in [-0.2, 0) is 6.42 Å². The van der Waals surface area contributed by atoms with Gasteiger partial charge >= 0.3 is 0 Å². The van der Waals surface area contributed by atoms with Gasteiger partial charge in [0.05, 0.1) is 0 Å². The standard InChI is InChI=1S/C8H8S2.H4N2/c9-8(10)6-7-4-2-1-3-5-7;1-2/h1-5H,6H2,(H,9,10);1-2H2. The van der Waals surface area contributed by atoms with Crippen molar-refractivity contribution < 1.29 is 0 Å². The molecule has 1 aromatic carbocycles. The average molecular weight is 200 g/mol. The summed E-state index contributed by atoms with van der Waals surface area (Å²) in [5.41, 5.74) is 1.22. The lowest BCUT2D eigenvalue weighted by atomic mass is 10.2. The second-order valence-electron chi connectivity index (χ2n) is 2.06. The first kappa shape index (κ1) is 11.6. The third-order valence-electron chi connectivity index (χ3n) is 1.20. The molecule has 0 saturated carbocycles. The van der Waals surface area contributed by atoms with Crippen molar-refractivity contribution in [3.63, 3.8) is 0 Å². The Morgan fingerprint density at radius 3 is 2.17 bits per heavy atom. The molecule has 0 saturated heterocycles. The fourth-order valence-electron chi connectivity index (χ4n) is 0.770. The van der Waals surface area contributed by atoms with Gasteiger partial charge in [0.2, 0.25) is 0 Å². The number of hydrogen-bond donors (Lipinski definition) is 3. The molecule has 0 bridgehead atoms. The third-order valence-corrected chi connectivity index (χ3v) is 1.50. The smallest absolute Gasteiger partial charge is 0.0491 e. The van der Waals surface area contributed by atoms with Crippen LogP contribution in [-0.4, -0.2) is 4.20 Å². The van der Waals surface area contributed by atoms with E-state index in [1.165, 1.54) is 5.56 Å². The van der Waals surface area contributed by atoms with E-state index < -0.39 is 0 Å². The van der Waals surface area contributed by atoms with E-state index in [1.807, 2.05) is 30.3 Å². The second kappa shape index (κ2) is 7.24. The van der Waals surface area contributed by atoms with Crippen LogP contribution in [0.5, 0.6) is 0 Å². The molecular formula is C8H12N2S2. The summed E-state index contributed by atoms with van der Waals surface area (Å²) in [7, 11) is 0. The summed E-state index contributed by atoms with van der Waals surface area (Å²) >= 11 is 8.88. The topological polar surface area (TPSA) is 52.0 Å². The van der Waals surface area contributed by atoms with E-state index in [-0.39, 0.29) is 0 Å². The van der Waals surface area contributed by atoms with Gasteiger partial charge in [-0.2, -0.15) is 0 Å². The van der Waals surface area contributed by atoms with Gasteiger partial charge < -0.3 is 0 Å². The van der Waals surface area contributed by atoms with Crippen LogP contribution in [0.15, 0.2) is 30.3 Å². The van der Waals surface area contributed by atoms with Crippen LogP contribution in [0.3, 0.4) is 0 Å². The van der Waals surface area contributed by atoms with Crippen molar-refractivity contribution in [2.45, 2.75) is 6.42 Å². The highest BCUT2D eigenvalue weighted by molar-refractivity contribution is 8.11. The Balaban J connectivity index is 0.000000561. The van der Waals surface area contributed by atoms with Crippen molar-refractivity contribution in [2.75, 3.05) is 0 Å². The minimum Gasteiger partial charge on any atom is -0.274 e. The van der Waals surface area contributed by atoms with Crippen molar-refractivity contribution in [1.82, 2.24) is 0 Å². The normalized spacial score (nSPS) is 8.25. The molecule has 0 heterocycles. The number of hydrazine groups is 1. The van der Waals surface area contributed by atoms with E-state index in [4.69, 9.17) is 12.2 Å². The molecule has 0 aliphatic carbocycles. The molecule has 2 nitrogen and oxygen atoms in total. The van der Waals surface area contributed by atoms with Crippen LogP contribution in [0.4, 0.5) is 0 Å². The quantitative estimate of drug-likeness (QED) is 0.292. The Labute approximate surface area is 83.3 Å². The molecule has 1 aromatic rings. The summed E-state index contributed by atoms with van der Waals surface area (Å²) in [4.78, 5) is 0. The second-order valence-corrected chi connectivity index (χ2v) is 3.39. The van der Waals surface area contributed by atoms with Gasteiger partial charge in [-0.1, -0.05) is 42.5 Å². The molecule has 4 heteroatoms. The Morgan fingerprint density at radius 2 is 1.75 bits per heavy atom. The summed E-state index contributed by atoms with van der Waals surface area (Å²) in [6, 6.07) is 10.1. The van der Waals surface area contributed by atoms with Crippen LogP contribution >= 0.6 is 24.8 Å². The zero-order chi connectivity index (χ0) is 9.40. The average Bonchev–Trinajstić information content (AvgIpc) is 2.08. The molecule has 0 spiro atoms. The molecule has 66 valence electrons. The highest BCUT2D eigenvalue weighted by atomic mass is 32.1. The van der Waals surface area contributed by atoms with Gasteiger partial charge in [0, 0.05) is 10.6 Å². The van der Waals surface area contributed by atoms with Crippen molar-refractivity contribution in [3.8, 4) is 0 Å². The number of nitrogens with two attached hydrogens (primary N) is 2. The molecule has 0 amide bonds. The van der Waals surface area contributed by atoms with Crippen molar-refractivity contribution in [2.24, 2.45) is 11.7 Å². The van der Waals surface area contributed by atoms with E-state index in [0.29, 0.717) is 0 Å². The molecule has 4 N–H and O–H groups in total. The van der Waals surface area contributed by atoms with E-state index >= 15 is 0 Å². The van der Waals surface area contributed by atoms with Gasteiger partial charge in [-0.05, 0) is 5.56 Å². The molecule has 0 aliphatic rings. The molecule has 0 aliphatic heterocycles. The first-order chi connectivity index (χ1) is 5.79. The first-order valence-electron chi connectivity index (χ1n) is 3.38. The van der Waals surface area contributed by atoms with E-state index in [9.17, 15) is 0 Å². The van der Waals surface area contributed by atoms with Gasteiger partial charge in [0.15, 0.2) is 0 Å². The molecule has 0 fully saturated rings. The van der Waals surface area contributed by atoms with E-state index in [1.54, 1.807) is 0 Å². The zero-order valence-electron chi connectivity index (χ0n) is 6.60. The Kier molecular flexibility index (Phi) is 6.99. The predicted octanol–water partition coefficient (Wildman–Crippen LogP) is 1.31. The lowest BCUT2D eigenvalue weighted by molar-refractivity contribution is 1.26. The van der Waals surface area contributed by atoms with Gasteiger partial charge in [-0.25, -0.2) is 0 Å². The number of rotatable bonds is 2. The minimum atomic E-state index is 0.742. The van der Waals surface area contributed by atoms with Gasteiger partial charge in [0.25, 0.3) is 0 Å².